The molecule has 1 aromatic carbocycles. The molecule has 214 valence electrons. The van der Waals surface area contributed by atoms with Gasteiger partial charge in [-0.2, -0.15) is 9.97 Å². The first-order valence-corrected chi connectivity index (χ1v) is 14.7. The highest BCUT2D eigenvalue weighted by molar-refractivity contribution is 7.17. The Morgan fingerprint density at radius 3 is 2.67 bits per heavy atom. The fourth-order valence-electron chi connectivity index (χ4n) is 4.87. The van der Waals surface area contributed by atoms with Crippen LogP contribution in [0.15, 0.2) is 24.3 Å². The van der Waals surface area contributed by atoms with Crippen LogP contribution < -0.4 is 30.3 Å². The van der Waals surface area contributed by atoms with Crippen LogP contribution in [0.4, 0.5) is 22.7 Å². The number of hydrogen-bond acceptors (Lipinski definition) is 12. The molecule has 1 aliphatic heterocycles. The Morgan fingerprint density at radius 1 is 1.12 bits per heavy atom. The maximum atomic E-state index is 12.3. The maximum Gasteiger partial charge on any atom is 0.350 e. The molecule has 0 amide bonds. The van der Waals surface area contributed by atoms with E-state index in [4.69, 9.17) is 24.2 Å². The van der Waals surface area contributed by atoms with Crippen LogP contribution >= 0.6 is 11.3 Å². The number of nitrogens with zero attached hydrogens (tertiary/aromatic N) is 4. The zero-order valence-corrected chi connectivity index (χ0v) is 24.1. The highest BCUT2D eigenvalue weighted by Crippen LogP contribution is 2.33. The van der Waals surface area contributed by atoms with Crippen molar-refractivity contribution in [1.29, 1.82) is 0 Å². The fraction of sp³-hybridized carbons (Fsp3) is 0.500. The van der Waals surface area contributed by atoms with Crippen molar-refractivity contribution in [3.05, 3.63) is 40.4 Å². The standard InChI is InChI=1S/C28H37N7O4S/c1-4-38-26(36)25-18(2)31-28(40-25)34-27-32-23(16-24(33-27)35-13-11-29-12-14-35)30-17-19-9-10-21(37-3)22(15-19)39-20-7-5-6-8-20/h9-10,15-16,20,29H,4-8,11-14,17H2,1-3H3,(H2,30,31,32,33,34). The zero-order chi connectivity index (χ0) is 27.9. The van der Waals surface area contributed by atoms with E-state index < -0.39 is 0 Å². The molecule has 2 aliphatic rings. The van der Waals surface area contributed by atoms with Crippen molar-refractivity contribution >= 4 is 40.0 Å². The smallest absolute Gasteiger partial charge is 0.350 e. The first kappa shape index (κ1) is 27.9. The number of esters is 1. The molecule has 2 fully saturated rings. The third kappa shape index (κ3) is 6.92. The summed E-state index contributed by atoms with van der Waals surface area (Å²) in [6.07, 6.45) is 4.82. The number of aromatic nitrogens is 3. The summed E-state index contributed by atoms with van der Waals surface area (Å²) < 4.78 is 17.0. The van der Waals surface area contributed by atoms with E-state index in [9.17, 15) is 4.79 Å². The van der Waals surface area contributed by atoms with Crippen LogP contribution in [-0.2, 0) is 11.3 Å². The summed E-state index contributed by atoms with van der Waals surface area (Å²) in [5, 5.41) is 10.6. The van der Waals surface area contributed by atoms with Gasteiger partial charge in [-0.25, -0.2) is 9.78 Å². The molecule has 3 heterocycles. The summed E-state index contributed by atoms with van der Waals surface area (Å²) in [6.45, 7) is 7.90. The van der Waals surface area contributed by atoms with E-state index >= 15 is 0 Å². The lowest BCUT2D eigenvalue weighted by molar-refractivity contribution is 0.0531. The quantitative estimate of drug-likeness (QED) is 0.284. The first-order chi connectivity index (χ1) is 19.5. The molecule has 5 rings (SSSR count). The van der Waals surface area contributed by atoms with Crippen molar-refractivity contribution in [3.8, 4) is 11.5 Å². The van der Waals surface area contributed by atoms with Crippen LogP contribution in [0.25, 0.3) is 0 Å². The van der Waals surface area contributed by atoms with Gasteiger partial charge in [0.1, 0.15) is 16.5 Å². The number of thiazole rings is 1. The van der Waals surface area contributed by atoms with Crippen LogP contribution in [0.5, 0.6) is 11.5 Å². The molecule has 0 spiro atoms. The molecule has 12 heteroatoms. The molecule has 0 unspecified atom stereocenters. The lowest BCUT2D eigenvalue weighted by Crippen LogP contribution is -2.44. The maximum absolute atomic E-state index is 12.3. The van der Waals surface area contributed by atoms with Gasteiger partial charge in [-0.05, 0) is 57.2 Å². The number of aryl methyl sites for hydroxylation is 1. The monoisotopic (exact) mass is 567 g/mol. The van der Waals surface area contributed by atoms with Gasteiger partial charge in [0.05, 0.1) is 25.5 Å². The van der Waals surface area contributed by atoms with Gasteiger partial charge in [-0.3, -0.25) is 5.32 Å². The van der Waals surface area contributed by atoms with E-state index in [1.807, 2.05) is 24.3 Å². The SMILES string of the molecule is CCOC(=O)c1sc(Nc2nc(NCc3ccc(OC)c(OC4CCCC4)c3)cc(N3CCNCC3)n2)nc1C. The molecular formula is C28H37N7O4S. The van der Waals surface area contributed by atoms with Crippen LogP contribution in [0.2, 0.25) is 0 Å². The lowest BCUT2D eigenvalue weighted by Gasteiger charge is -2.28. The van der Waals surface area contributed by atoms with Crippen LogP contribution in [0, 0.1) is 6.92 Å². The van der Waals surface area contributed by atoms with Gasteiger partial charge in [0.25, 0.3) is 0 Å². The van der Waals surface area contributed by atoms with Gasteiger partial charge >= 0.3 is 5.97 Å². The number of ether oxygens (including phenoxy) is 3. The summed E-state index contributed by atoms with van der Waals surface area (Å²) in [4.78, 5) is 29.0. The van der Waals surface area contributed by atoms with E-state index in [1.165, 1.54) is 24.2 Å². The molecule has 2 aromatic heterocycles. The Hall–Kier alpha value is -3.64. The molecule has 1 aliphatic carbocycles. The zero-order valence-electron chi connectivity index (χ0n) is 23.3. The second-order valence-corrected chi connectivity index (χ2v) is 10.8. The predicted molar refractivity (Wildman–Crippen MR) is 156 cm³/mol. The van der Waals surface area contributed by atoms with Gasteiger partial charge in [0.15, 0.2) is 16.6 Å². The Kier molecular flexibility index (Phi) is 9.17. The number of piperazine rings is 1. The summed E-state index contributed by atoms with van der Waals surface area (Å²) in [5.41, 5.74) is 1.66. The Labute approximate surface area is 238 Å². The van der Waals surface area contributed by atoms with E-state index in [0.29, 0.717) is 40.6 Å². The van der Waals surface area contributed by atoms with Gasteiger partial charge < -0.3 is 29.7 Å². The first-order valence-electron chi connectivity index (χ1n) is 13.9. The minimum Gasteiger partial charge on any atom is -0.493 e. The van der Waals surface area contributed by atoms with Gasteiger partial charge in [-0.15, -0.1) is 0 Å². The van der Waals surface area contributed by atoms with Gasteiger partial charge in [-0.1, -0.05) is 17.4 Å². The van der Waals surface area contributed by atoms with Crippen LogP contribution in [0.3, 0.4) is 0 Å². The van der Waals surface area contributed by atoms with Crippen molar-refractivity contribution in [2.45, 2.75) is 52.2 Å². The van der Waals surface area contributed by atoms with Crippen molar-refractivity contribution in [2.24, 2.45) is 0 Å². The number of rotatable bonds is 11. The molecule has 1 saturated heterocycles. The summed E-state index contributed by atoms with van der Waals surface area (Å²) in [5.74, 6) is 3.05. The number of anilines is 4. The van der Waals surface area contributed by atoms with Crippen molar-refractivity contribution < 1.29 is 19.0 Å². The summed E-state index contributed by atoms with van der Waals surface area (Å²) in [7, 11) is 1.67. The average Bonchev–Trinajstić information content (AvgIpc) is 3.61. The lowest BCUT2D eigenvalue weighted by atomic mass is 10.2. The largest absolute Gasteiger partial charge is 0.493 e. The number of benzene rings is 1. The molecule has 11 nitrogen and oxygen atoms in total. The Balaban J connectivity index is 1.35. The molecule has 0 radical (unpaired) electrons. The highest BCUT2D eigenvalue weighted by Gasteiger charge is 2.20. The van der Waals surface area contributed by atoms with E-state index in [-0.39, 0.29) is 12.1 Å². The third-order valence-corrected chi connectivity index (χ3v) is 7.98. The number of methoxy groups -OCH3 is 1. The molecule has 40 heavy (non-hydrogen) atoms. The van der Waals surface area contributed by atoms with Crippen LogP contribution in [-0.4, -0.2) is 66.9 Å². The number of carbonyl (C=O) groups excluding carboxylic acids is 1. The normalized spacial score (nSPS) is 15.6. The summed E-state index contributed by atoms with van der Waals surface area (Å²) in [6, 6.07) is 7.98. The van der Waals surface area contributed by atoms with Crippen molar-refractivity contribution in [1.82, 2.24) is 20.3 Å². The molecule has 0 atom stereocenters. The molecular weight excluding hydrogens is 530 g/mol. The minimum absolute atomic E-state index is 0.244. The van der Waals surface area contributed by atoms with E-state index in [1.54, 1.807) is 21.0 Å². The minimum atomic E-state index is -0.376. The number of hydrogen-bond donors (Lipinski definition) is 3. The van der Waals surface area contributed by atoms with Gasteiger partial charge in [0.2, 0.25) is 5.95 Å². The number of carbonyl (C=O) groups is 1. The number of nitrogens with one attached hydrogen (secondary N) is 3. The second kappa shape index (κ2) is 13.1. The Morgan fingerprint density at radius 2 is 1.93 bits per heavy atom. The highest BCUT2D eigenvalue weighted by atomic mass is 32.1. The van der Waals surface area contributed by atoms with E-state index in [0.717, 1.165) is 61.9 Å². The molecule has 3 N–H and O–H groups in total. The van der Waals surface area contributed by atoms with Gasteiger partial charge in [0, 0.05) is 38.8 Å². The fourth-order valence-corrected chi connectivity index (χ4v) is 5.72. The predicted octanol–water partition coefficient (Wildman–Crippen LogP) is 4.51. The third-order valence-electron chi connectivity index (χ3n) is 6.93. The van der Waals surface area contributed by atoms with Crippen molar-refractivity contribution in [3.63, 3.8) is 0 Å². The topological polar surface area (TPSA) is 123 Å². The van der Waals surface area contributed by atoms with Crippen molar-refractivity contribution in [2.75, 3.05) is 55.4 Å². The molecule has 1 saturated carbocycles. The summed E-state index contributed by atoms with van der Waals surface area (Å²) >= 11 is 1.23. The molecule has 0 bridgehead atoms. The average molecular weight is 568 g/mol. The Bertz CT molecular complexity index is 1310. The second-order valence-electron chi connectivity index (χ2n) is 9.81. The molecule has 3 aromatic rings. The van der Waals surface area contributed by atoms with E-state index in [2.05, 4.69) is 25.8 Å². The van der Waals surface area contributed by atoms with Crippen LogP contribution in [0.1, 0.15) is 53.5 Å².